The number of thiophene rings is 1. The zero-order valence-corrected chi connectivity index (χ0v) is 7.10. The fraction of sp³-hybridized carbons (Fsp3) is 0.286. The van der Waals surface area contributed by atoms with Gasteiger partial charge in [-0.05, 0) is 0 Å². The van der Waals surface area contributed by atoms with Gasteiger partial charge in [0.25, 0.3) is 0 Å². The summed E-state index contributed by atoms with van der Waals surface area (Å²) in [6.45, 7) is 0. The number of aldehydes is 1. The Morgan fingerprint density at radius 3 is 2.55 bits per heavy atom. The number of carbonyl (C=O) groups excluding carboxylic acids is 1. The van der Waals surface area contributed by atoms with Crippen molar-refractivity contribution in [3.05, 3.63) is 11.6 Å². The normalized spacial score (nSPS) is 9.27. The number of hydrogen-bond acceptors (Lipinski definition) is 4. The summed E-state index contributed by atoms with van der Waals surface area (Å²) in [5.41, 5.74) is 0.536. The molecule has 0 aromatic carbocycles. The van der Waals surface area contributed by atoms with Crippen LogP contribution in [0.2, 0.25) is 0 Å². The average molecular weight is 172 g/mol. The molecule has 1 aromatic rings. The molecule has 0 spiro atoms. The largest absolute Gasteiger partial charge is 0.487 e. The van der Waals surface area contributed by atoms with E-state index in [0.29, 0.717) is 15.7 Å². The Labute approximate surface area is 68.6 Å². The Kier molecular flexibility index (Phi) is 2.48. The van der Waals surface area contributed by atoms with Crippen LogP contribution in [0.3, 0.4) is 0 Å². The van der Waals surface area contributed by atoms with Gasteiger partial charge in [-0.2, -0.15) is 0 Å². The predicted molar refractivity (Wildman–Crippen MR) is 42.8 cm³/mol. The van der Waals surface area contributed by atoms with Gasteiger partial charge in [0.05, 0.1) is 19.8 Å². The minimum Gasteiger partial charge on any atom is -0.487 e. The highest BCUT2D eigenvalue weighted by Crippen LogP contribution is 2.34. The van der Waals surface area contributed by atoms with Gasteiger partial charge in [0.1, 0.15) is 0 Å². The molecule has 11 heavy (non-hydrogen) atoms. The number of methoxy groups -OCH3 is 2. The van der Waals surface area contributed by atoms with Gasteiger partial charge in [-0.3, -0.25) is 4.79 Å². The van der Waals surface area contributed by atoms with E-state index in [0.717, 1.165) is 6.29 Å². The van der Waals surface area contributed by atoms with Gasteiger partial charge < -0.3 is 9.47 Å². The Morgan fingerprint density at radius 2 is 2.18 bits per heavy atom. The first-order valence-electron chi connectivity index (χ1n) is 2.98. The third-order valence-electron chi connectivity index (χ3n) is 1.22. The molecule has 0 amide bonds. The van der Waals surface area contributed by atoms with E-state index in [-0.39, 0.29) is 0 Å². The van der Waals surface area contributed by atoms with Crippen molar-refractivity contribution in [2.75, 3.05) is 14.2 Å². The smallest absolute Gasteiger partial charge is 0.187 e. The molecule has 0 aliphatic heterocycles. The molecule has 60 valence electrons. The molecule has 0 unspecified atom stereocenters. The average Bonchev–Trinajstić information content (AvgIpc) is 2.46. The number of rotatable bonds is 3. The molecule has 0 aliphatic rings. The fourth-order valence-corrected chi connectivity index (χ4v) is 1.47. The molecule has 1 aromatic heterocycles. The first-order valence-corrected chi connectivity index (χ1v) is 3.80. The van der Waals surface area contributed by atoms with Crippen molar-refractivity contribution in [1.82, 2.24) is 0 Å². The molecule has 0 bridgehead atoms. The van der Waals surface area contributed by atoms with Crippen LogP contribution in [0, 0.1) is 0 Å². The van der Waals surface area contributed by atoms with Gasteiger partial charge in [-0.15, -0.1) is 0 Å². The van der Waals surface area contributed by atoms with Crippen molar-refractivity contribution in [2.45, 2.75) is 0 Å². The molecule has 0 fully saturated rings. The number of carbonyl (C=O) groups is 1. The van der Waals surface area contributed by atoms with Crippen LogP contribution < -0.4 is 9.47 Å². The second kappa shape index (κ2) is 3.39. The zero-order valence-electron chi connectivity index (χ0n) is 6.29. The molecule has 1 rings (SSSR count). The van der Waals surface area contributed by atoms with E-state index >= 15 is 0 Å². The van der Waals surface area contributed by atoms with E-state index in [1.54, 1.807) is 13.2 Å². The summed E-state index contributed by atoms with van der Waals surface area (Å²) in [4.78, 5) is 10.4. The lowest BCUT2D eigenvalue weighted by molar-refractivity contribution is 0.112. The van der Waals surface area contributed by atoms with E-state index in [4.69, 9.17) is 9.47 Å². The quantitative estimate of drug-likeness (QED) is 0.649. The SMILES string of the molecule is COc1cc(C=O)c(OC)s1. The molecule has 0 saturated heterocycles. The first-order chi connectivity index (χ1) is 5.31. The van der Waals surface area contributed by atoms with Crippen LogP contribution in [0.5, 0.6) is 10.1 Å². The Balaban J connectivity index is 3.01. The maximum atomic E-state index is 10.4. The molecule has 1 heterocycles. The third-order valence-corrected chi connectivity index (χ3v) is 2.29. The highest BCUT2D eigenvalue weighted by atomic mass is 32.1. The van der Waals surface area contributed by atoms with Crippen molar-refractivity contribution >= 4 is 17.6 Å². The molecule has 3 nitrogen and oxygen atoms in total. The van der Waals surface area contributed by atoms with E-state index in [2.05, 4.69) is 0 Å². The van der Waals surface area contributed by atoms with E-state index in [1.165, 1.54) is 18.4 Å². The van der Waals surface area contributed by atoms with Crippen molar-refractivity contribution in [3.63, 3.8) is 0 Å². The van der Waals surface area contributed by atoms with Crippen molar-refractivity contribution < 1.29 is 14.3 Å². The lowest BCUT2D eigenvalue weighted by atomic mass is 10.4. The highest BCUT2D eigenvalue weighted by Gasteiger charge is 2.07. The summed E-state index contributed by atoms with van der Waals surface area (Å²) in [5.74, 6) is 0. The van der Waals surface area contributed by atoms with Crippen LogP contribution in [0.4, 0.5) is 0 Å². The molecule has 0 aliphatic carbocycles. The summed E-state index contributed by atoms with van der Waals surface area (Å²) >= 11 is 1.31. The summed E-state index contributed by atoms with van der Waals surface area (Å²) in [7, 11) is 3.08. The Hall–Kier alpha value is -1.03. The lowest BCUT2D eigenvalue weighted by Gasteiger charge is -1.92. The van der Waals surface area contributed by atoms with Gasteiger partial charge in [0.15, 0.2) is 16.4 Å². The Morgan fingerprint density at radius 1 is 1.45 bits per heavy atom. The maximum Gasteiger partial charge on any atom is 0.187 e. The molecule has 4 heteroatoms. The minimum absolute atomic E-state index is 0.536. The standard InChI is InChI=1S/C7H8O3S/c1-9-6-3-5(4-8)7(10-2)11-6/h3-4H,1-2H3. The highest BCUT2D eigenvalue weighted by molar-refractivity contribution is 7.16. The van der Waals surface area contributed by atoms with Crippen LogP contribution in [0.25, 0.3) is 0 Å². The summed E-state index contributed by atoms with van der Waals surface area (Å²) in [6.07, 6.45) is 0.748. The van der Waals surface area contributed by atoms with Crippen molar-refractivity contribution in [2.24, 2.45) is 0 Å². The van der Waals surface area contributed by atoms with Crippen LogP contribution >= 0.6 is 11.3 Å². The molecular formula is C7H8O3S. The lowest BCUT2D eigenvalue weighted by Crippen LogP contribution is -1.82. The molecule has 0 saturated carbocycles. The van der Waals surface area contributed by atoms with Gasteiger partial charge in [-0.1, -0.05) is 11.3 Å². The first kappa shape index (κ1) is 8.07. The van der Waals surface area contributed by atoms with Crippen LogP contribution in [0.15, 0.2) is 6.07 Å². The van der Waals surface area contributed by atoms with Gasteiger partial charge in [0, 0.05) is 6.07 Å². The van der Waals surface area contributed by atoms with Crippen LogP contribution in [-0.2, 0) is 0 Å². The zero-order chi connectivity index (χ0) is 8.27. The number of hydrogen-bond donors (Lipinski definition) is 0. The van der Waals surface area contributed by atoms with Gasteiger partial charge >= 0.3 is 0 Å². The topological polar surface area (TPSA) is 35.5 Å². The molecule has 0 N–H and O–H groups in total. The fourth-order valence-electron chi connectivity index (χ4n) is 0.708. The van der Waals surface area contributed by atoms with Crippen LogP contribution in [0.1, 0.15) is 10.4 Å². The Bertz CT molecular complexity index is 254. The van der Waals surface area contributed by atoms with E-state index in [1.807, 2.05) is 0 Å². The maximum absolute atomic E-state index is 10.4. The predicted octanol–water partition coefficient (Wildman–Crippen LogP) is 1.58. The van der Waals surface area contributed by atoms with Crippen molar-refractivity contribution in [3.8, 4) is 10.1 Å². The molecular weight excluding hydrogens is 164 g/mol. The van der Waals surface area contributed by atoms with E-state index < -0.39 is 0 Å². The molecule has 0 radical (unpaired) electrons. The summed E-state index contributed by atoms with van der Waals surface area (Å²) < 4.78 is 9.84. The summed E-state index contributed by atoms with van der Waals surface area (Å²) in [6, 6.07) is 1.65. The van der Waals surface area contributed by atoms with Gasteiger partial charge in [-0.25, -0.2) is 0 Å². The minimum atomic E-state index is 0.536. The summed E-state index contributed by atoms with van der Waals surface area (Å²) in [5, 5.41) is 1.28. The second-order valence-corrected chi connectivity index (χ2v) is 2.81. The van der Waals surface area contributed by atoms with Crippen molar-refractivity contribution in [1.29, 1.82) is 0 Å². The third kappa shape index (κ3) is 1.51. The van der Waals surface area contributed by atoms with E-state index in [9.17, 15) is 4.79 Å². The van der Waals surface area contributed by atoms with Crippen LogP contribution in [-0.4, -0.2) is 20.5 Å². The van der Waals surface area contributed by atoms with Gasteiger partial charge in [0.2, 0.25) is 0 Å². The number of ether oxygens (including phenoxy) is 2. The molecule has 0 atom stereocenters. The monoisotopic (exact) mass is 172 g/mol. The second-order valence-electron chi connectivity index (χ2n) is 1.83.